The molecule has 1 aliphatic heterocycles. The van der Waals surface area contributed by atoms with Gasteiger partial charge in [-0.25, -0.2) is 0 Å². The Morgan fingerprint density at radius 3 is 2.91 bits per heavy atom. The van der Waals surface area contributed by atoms with Crippen molar-refractivity contribution in [3.63, 3.8) is 0 Å². The Morgan fingerprint density at radius 2 is 2.18 bits per heavy atom. The van der Waals surface area contributed by atoms with Gasteiger partial charge < -0.3 is 11.1 Å². The first-order valence-electron chi connectivity index (χ1n) is 8.51. The molecule has 0 radical (unpaired) electrons. The molecule has 1 aliphatic carbocycles. The van der Waals surface area contributed by atoms with Gasteiger partial charge in [0, 0.05) is 38.6 Å². The van der Waals surface area contributed by atoms with Gasteiger partial charge in [-0.15, -0.1) is 0 Å². The fourth-order valence-corrected chi connectivity index (χ4v) is 3.93. The average molecular weight is 301 g/mol. The zero-order valence-electron chi connectivity index (χ0n) is 13.5. The van der Waals surface area contributed by atoms with Crippen LogP contribution in [-0.2, 0) is 11.2 Å². The second-order valence-electron chi connectivity index (χ2n) is 6.68. The standard InChI is InChI=1S/C18H27N3O/c1-13(21-9-7-20-8-10-21)14-5-6-17-15(11-14)3-2-4-16(17)12-18(19)22/h5-6,11,13,16,20H,2-4,7-10,12H2,1H3,(H2,19,22)/t13?,16-/m1/s1. The third-order valence-corrected chi connectivity index (χ3v) is 5.23. The van der Waals surface area contributed by atoms with Gasteiger partial charge >= 0.3 is 0 Å². The monoisotopic (exact) mass is 301 g/mol. The molecule has 1 saturated heterocycles. The Hall–Kier alpha value is -1.39. The zero-order valence-corrected chi connectivity index (χ0v) is 13.5. The van der Waals surface area contributed by atoms with Crippen LogP contribution in [0.15, 0.2) is 18.2 Å². The lowest BCUT2D eigenvalue weighted by atomic mass is 9.80. The lowest BCUT2D eigenvalue weighted by Crippen LogP contribution is -2.44. The Morgan fingerprint density at radius 1 is 1.41 bits per heavy atom. The highest BCUT2D eigenvalue weighted by atomic mass is 16.1. The SMILES string of the molecule is CC(c1ccc2c(c1)CCC[C@@H]2CC(N)=O)N1CCNCC1. The second kappa shape index (κ2) is 6.80. The van der Waals surface area contributed by atoms with Gasteiger partial charge in [0.25, 0.3) is 0 Å². The van der Waals surface area contributed by atoms with Gasteiger partial charge in [-0.2, -0.15) is 0 Å². The average Bonchev–Trinajstić information content (AvgIpc) is 2.54. The maximum absolute atomic E-state index is 11.3. The highest BCUT2D eigenvalue weighted by Gasteiger charge is 2.24. The van der Waals surface area contributed by atoms with Crippen molar-refractivity contribution >= 4 is 5.91 Å². The summed E-state index contributed by atoms with van der Waals surface area (Å²) >= 11 is 0. The van der Waals surface area contributed by atoms with E-state index < -0.39 is 0 Å². The van der Waals surface area contributed by atoms with Crippen LogP contribution in [0.2, 0.25) is 0 Å². The first-order chi connectivity index (χ1) is 10.6. The summed E-state index contributed by atoms with van der Waals surface area (Å²) in [6.45, 7) is 6.69. The van der Waals surface area contributed by atoms with Crippen LogP contribution < -0.4 is 11.1 Å². The van der Waals surface area contributed by atoms with Crippen LogP contribution in [0.4, 0.5) is 0 Å². The van der Waals surface area contributed by atoms with Gasteiger partial charge in [0.05, 0.1) is 0 Å². The van der Waals surface area contributed by atoms with Crippen LogP contribution >= 0.6 is 0 Å². The molecule has 1 unspecified atom stereocenters. The van der Waals surface area contributed by atoms with Crippen LogP contribution in [0.25, 0.3) is 0 Å². The van der Waals surface area contributed by atoms with E-state index in [4.69, 9.17) is 5.73 Å². The van der Waals surface area contributed by atoms with Crippen LogP contribution in [0.5, 0.6) is 0 Å². The number of carbonyl (C=O) groups is 1. The minimum Gasteiger partial charge on any atom is -0.370 e. The Kier molecular flexibility index (Phi) is 4.79. The predicted molar refractivity (Wildman–Crippen MR) is 88.8 cm³/mol. The number of amides is 1. The Bertz CT molecular complexity index is 537. The van der Waals surface area contributed by atoms with Crippen LogP contribution in [-0.4, -0.2) is 37.0 Å². The van der Waals surface area contributed by atoms with Crippen molar-refractivity contribution in [1.82, 2.24) is 10.2 Å². The molecule has 1 aromatic rings. The van der Waals surface area contributed by atoms with E-state index in [1.807, 2.05) is 0 Å². The number of hydrogen-bond acceptors (Lipinski definition) is 3. The topological polar surface area (TPSA) is 58.4 Å². The van der Waals surface area contributed by atoms with Crippen molar-refractivity contribution in [2.45, 2.75) is 44.6 Å². The van der Waals surface area contributed by atoms with Gasteiger partial charge in [-0.1, -0.05) is 18.2 Å². The molecule has 3 N–H and O–H groups in total. The molecule has 2 atom stereocenters. The number of aryl methyl sites for hydroxylation is 1. The molecule has 0 saturated carbocycles. The summed E-state index contributed by atoms with van der Waals surface area (Å²) in [4.78, 5) is 13.8. The van der Waals surface area contributed by atoms with Crippen LogP contribution in [0.1, 0.15) is 54.8 Å². The lowest BCUT2D eigenvalue weighted by molar-refractivity contribution is -0.118. The molecule has 1 heterocycles. The minimum absolute atomic E-state index is 0.184. The number of benzene rings is 1. The summed E-state index contributed by atoms with van der Waals surface area (Å²) in [5, 5.41) is 3.41. The number of nitrogens with zero attached hydrogens (tertiary/aromatic N) is 1. The maximum atomic E-state index is 11.3. The normalized spacial score (nSPS) is 23.8. The fourth-order valence-electron chi connectivity index (χ4n) is 3.93. The van der Waals surface area contributed by atoms with E-state index in [0.29, 0.717) is 18.4 Å². The number of piperazine rings is 1. The zero-order chi connectivity index (χ0) is 15.5. The minimum atomic E-state index is -0.184. The Balaban J connectivity index is 1.79. The van der Waals surface area contributed by atoms with Crippen molar-refractivity contribution < 1.29 is 4.79 Å². The summed E-state index contributed by atoms with van der Waals surface area (Å²) in [6.07, 6.45) is 3.87. The van der Waals surface area contributed by atoms with Crippen molar-refractivity contribution in [1.29, 1.82) is 0 Å². The van der Waals surface area contributed by atoms with Crippen LogP contribution in [0, 0.1) is 0 Å². The molecule has 0 spiro atoms. The van der Waals surface area contributed by atoms with Crippen LogP contribution in [0.3, 0.4) is 0 Å². The van der Waals surface area contributed by atoms with Crippen molar-refractivity contribution in [2.24, 2.45) is 5.73 Å². The van der Waals surface area contributed by atoms with E-state index >= 15 is 0 Å². The van der Waals surface area contributed by atoms with Gasteiger partial charge in [0.1, 0.15) is 0 Å². The first-order valence-corrected chi connectivity index (χ1v) is 8.51. The molecule has 22 heavy (non-hydrogen) atoms. The molecular weight excluding hydrogens is 274 g/mol. The van der Waals surface area contributed by atoms with E-state index in [2.05, 4.69) is 35.3 Å². The third kappa shape index (κ3) is 3.33. The van der Waals surface area contributed by atoms with Gasteiger partial charge in [-0.05, 0) is 48.8 Å². The number of nitrogens with two attached hydrogens (primary N) is 1. The van der Waals surface area contributed by atoms with Gasteiger partial charge in [0.15, 0.2) is 0 Å². The number of hydrogen-bond donors (Lipinski definition) is 2. The highest BCUT2D eigenvalue weighted by Crippen LogP contribution is 2.35. The van der Waals surface area contributed by atoms with Crippen molar-refractivity contribution in [3.05, 3.63) is 34.9 Å². The predicted octanol–water partition coefficient (Wildman–Crippen LogP) is 1.95. The van der Waals surface area contributed by atoms with E-state index in [1.165, 1.54) is 16.7 Å². The summed E-state index contributed by atoms with van der Waals surface area (Å²) in [5.41, 5.74) is 9.58. The second-order valence-corrected chi connectivity index (χ2v) is 6.68. The Labute approximate surface area is 133 Å². The highest BCUT2D eigenvalue weighted by molar-refractivity contribution is 5.75. The molecule has 120 valence electrons. The van der Waals surface area contributed by atoms with E-state index in [-0.39, 0.29) is 5.91 Å². The smallest absolute Gasteiger partial charge is 0.218 e. The molecule has 2 aliphatic rings. The molecule has 0 aromatic heterocycles. The third-order valence-electron chi connectivity index (χ3n) is 5.23. The quantitative estimate of drug-likeness (QED) is 0.893. The summed E-state index contributed by atoms with van der Waals surface area (Å²) in [7, 11) is 0. The van der Waals surface area contributed by atoms with E-state index in [1.54, 1.807) is 0 Å². The molecule has 0 bridgehead atoms. The van der Waals surface area contributed by atoms with Crippen molar-refractivity contribution in [3.8, 4) is 0 Å². The molecule has 4 heteroatoms. The number of rotatable bonds is 4. The molecule has 4 nitrogen and oxygen atoms in total. The summed E-state index contributed by atoms with van der Waals surface area (Å²) in [6, 6.07) is 7.33. The maximum Gasteiger partial charge on any atom is 0.218 e. The molecule has 1 fully saturated rings. The van der Waals surface area contributed by atoms with Gasteiger partial charge in [0.2, 0.25) is 5.91 Å². The van der Waals surface area contributed by atoms with Gasteiger partial charge in [-0.3, -0.25) is 9.69 Å². The molecule has 1 amide bonds. The number of fused-ring (bicyclic) bond motifs is 1. The summed E-state index contributed by atoms with van der Waals surface area (Å²) in [5.74, 6) is 0.140. The number of carbonyl (C=O) groups excluding carboxylic acids is 1. The molecular formula is C18H27N3O. The van der Waals surface area contributed by atoms with Crippen molar-refractivity contribution in [2.75, 3.05) is 26.2 Å². The molecule has 3 rings (SSSR count). The largest absolute Gasteiger partial charge is 0.370 e. The first kappa shape index (κ1) is 15.5. The lowest BCUT2D eigenvalue weighted by Gasteiger charge is -2.34. The molecule has 1 aromatic carbocycles. The fraction of sp³-hybridized carbons (Fsp3) is 0.611. The number of nitrogens with one attached hydrogen (secondary N) is 1. The van der Waals surface area contributed by atoms with E-state index in [9.17, 15) is 4.79 Å². The number of primary amides is 1. The summed E-state index contributed by atoms with van der Waals surface area (Å²) < 4.78 is 0. The van der Waals surface area contributed by atoms with E-state index in [0.717, 1.165) is 45.4 Å².